The van der Waals surface area contributed by atoms with Gasteiger partial charge in [0.25, 0.3) is 0 Å². The van der Waals surface area contributed by atoms with Crippen molar-refractivity contribution in [2.75, 3.05) is 19.6 Å². The molecule has 0 spiro atoms. The molecule has 0 aromatic rings. The third-order valence-electron chi connectivity index (χ3n) is 3.26. The number of rotatable bonds is 5. The molecule has 18 heavy (non-hydrogen) atoms. The van der Waals surface area contributed by atoms with Crippen LogP contribution in [-0.2, 0) is 14.4 Å². The van der Waals surface area contributed by atoms with Gasteiger partial charge in [-0.25, -0.2) is 0 Å². The topological polar surface area (TPSA) is 86.7 Å². The predicted octanol–water partition coefficient (Wildman–Crippen LogP) is 0.226. The van der Waals surface area contributed by atoms with Crippen LogP contribution in [0.5, 0.6) is 0 Å². The van der Waals surface area contributed by atoms with Gasteiger partial charge < -0.3 is 15.3 Å². The van der Waals surface area contributed by atoms with Crippen LogP contribution in [0.25, 0.3) is 0 Å². The lowest BCUT2D eigenvalue weighted by Crippen LogP contribution is -2.40. The van der Waals surface area contributed by atoms with E-state index in [2.05, 4.69) is 5.32 Å². The summed E-state index contributed by atoms with van der Waals surface area (Å²) in [5, 5.41) is 11.6. The first-order valence-corrected chi connectivity index (χ1v) is 6.17. The minimum atomic E-state index is -0.882. The summed E-state index contributed by atoms with van der Waals surface area (Å²) in [6.45, 7) is 4.13. The zero-order valence-corrected chi connectivity index (χ0v) is 10.9. The van der Waals surface area contributed by atoms with Gasteiger partial charge in [-0.2, -0.15) is 0 Å². The Morgan fingerprint density at radius 3 is 2.56 bits per heavy atom. The van der Waals surface area contributed by atoms with Crippen LogP contribution in [0, 0.1) is 5.41 Å². The van der Waals surface area contributed by atoms with Crippen molar-refractivity contribution >= 4 is 17.8 Å². The lowest BCUT2D eigenvalue weighted by molar-refractivity contribution is -0.147. The van der Waals surface area contributed by atoms with Crippen molar-refractivity contribution in [1.82, 2.24) is 10.2 Å². The second-order valence-corrected chi connectivity index (χ2v) is 4.96. The number of carboxylic acids is 1. The highest BCUT2D eigenvalue weighted by Gasteiger charge is 2.41. The van der Waals surface area contributed by atoms with E-state index in [0.29, 0.717) is 19.4 Å². The monoisotopic (exact) mass is 256 g/mol. The van der Waals surface area contributed by atoms with Gasteiger partial charge in [-0.1, -0.05) is 6.92 Å². The fourth-order valence-electron chi connectivity index (χ4n) is 1.95. The Kier molecular flexibility index (Phi) is 4.69. The molecule has 0 aliphatic carbocycles. The summed E-state index contributed by atoms with van der Waals surface area (Å²) in [7, 11) is 0. The molecule has 2 N–H and O–H groups in total. The lowest BCUT2D eigenvalue weighted by atomic mass is 9.90. The molecule has 1 fully saturated rings. The molecular formula is C12H20N2O4. The van der Waals surface area contributed by atoms with Crippen LogP contribution in [0.15, 0.2) is 0 Å². The van der Waals surface area contributed by atoms with Crippen LogP contribution in [-0.4, -0.2) is 47.4 Å². The smallest absolute Gasteiger partial charge is 0.311 e. The van der Waals surface area contributed by atoms with Gasteiger partial charge in [-0.15, -0.1) is 0 Å². The van der Waals surface area contributed by atoms with Crippen LogP contribution >= 0.6 is 0 Å². The number of carboxylic acid groups (broad SMARTS) is 1. The molecule has 1 heterocycles. The van der Waals surface area contributed by atoms with Gasteiger partial charge in [0.1, 0.15) is 0 Å². The highest BCUT2D eigenvalue weighted by Crippen LogP contribution is 2.29. The molecule has 1 aliphatic rings. The van der Waals surface area contributed by atoms with E-state index in [1.165, 1.54) is 4.90 Å². The molecule has 1 unspecified atom stereocenters. The summed E-state index contributed by atoms with van der Waals surface area (Å²) < 4.78 is 0. The quantitative estimate of drug-likeness (QED) is 0.737. The summed E-state index contributed by atoms with van der Waals surface area (Å²) in [6, 6.07) is 0. The van der Waals surface area contributed by atoms with Crippen molar-refractivity contribution in [3.8, 4) is 0 Å². The average Bonchev–Trinajstić information content (AvgIpc) is 2.71. The van der Waals surface area contributed by atoms with E-state index in [1.54, 1.807) is 6.92 Å². The number of likely N-dealkylation sites (tertiary alicyclic amines) is 1. The van der Waals surface area contributed by atoms with Gasteiger partial charge in [0.2, 0.25) is 11.8 Å². The van der Waals surface area contributed by atoms with Gasteiger partial charge in [0.05, 0.1) is 12.0 Å². The van der Waals surface area contributed by atoms with E-state index in [0.717, 1.165) is 6.42 Å². The van der Waals surface area contributed by atoms with Gasteiger partial charge in [0.15, 0.2) is 0 Å². The molecule has 1 rings (SSSR count). The van der Waals surface area contributed by atoms with Gasteiger partial charge >= 0.3 is 5.97 Å². The van der Waals surface area contributed by atoms with Crippen molar-refractivity contribution in [2.24, 2.45) is 5.41 Å². The van der Waals surface area contributed by atoms with E-state index >= 15 is 0 Å². The van der Waals surface area contributed by atoms with Crippen molar-refractivity contribution in [2.45, 2.75) is 33.1 Å². The molecule has 0 bridgehead atoms. The zero-order valence-electron chi connectivity index (χ0n) is 10.9. The number of hydrogen-bond acceptors (Lipinski definition) is 3. The summed E-state index contributed by atoms with van der Waals surface area (Å²) >= 11 is 0. The molecular weight excluding hydrogens is 236 g/mol. The Hall–Kier alpha value is -1.59. The summed E-state index contributed by atoms with van der Waals surface area (Å²) in [5.41, 5.74) is -0.858. The maximum absolute atomic E-state index is 11.8. The third-order valence-corrected chi connectivity index (χ3v) is 3.26. The summed E-state index contributed by atoms with van der Waals surface area (Å²) in [5.74, 6) is -1.25. The van der Waals surface area contributed by atoms with E-state index in [-0.39, 0.29) is 24.9 Å². The second kappa shape index (κ2) is 5.84. The zero-order chi connectivity index (χ0) is 13.8. The fraction of sp³-hybridized carbons (Fsp3) is 0.750. The van der Waals surface area contributed by atoms with Crippen LogP contribution in [0.1, 0.15) is 33.1 Å². The lowest BCUT2D eigenvalue weighted by Gasteiger charge is -2.20. The number of carbonyl (C=O) groups excluding carboxylic acids is 2. The second-order valence-electron chi connectivity index (χ2n) is 4.96. The van der Waals surface area contributed by atoms with Crippen molar-refractivity contribution in [3.63, 3.8) is 0 Å². The normalized spacial score (nSPS) is 22.9. The molecule has 6 nitrogen and oxygen atoms in total. The SMILES string of the molecule is CCCC(=O)NCC(=O)N1CCC(C)(C(=O)O)C1. The number of amides is 2. The van der Waals surface area contributed by atoms with Gasteiger partial charge in [-0.05, 0) is 19.8 Å². The van der Waals surface area contributed by atoms with Crippen LogP contribution < -0.4 is 5.32 Å². The molecule has 1 aliphatic heterocycles. The minimum Gasteiger partial charge on any atom is -0.481 e. The van der Waals surface area contributed by atoms with Crippen molar-refractivity contribution in [1.29, 1.82) is 0 Å². The molecule has 1 saturated heterocycles. The Bertz CT molecular complexity index is 356. The van der Waals surface area contributed by atoms with E-state index < -0.39 is 11.4 Å². The molecule has 0 aromatic carbocycles. The van der Waals surface area contributed by atoms with Crippen LogP contribution in [0.4, 0.5) is 0 Å². The highest BCUT2D eigenvalue weighted by atomic mass is 16.4. The first kappa shape index (κ1) is 14.5. The number of carbonyl (C=O) groups is 3. The average molecular weight is 256 g/mol. The largest absolute Gasteiger partial charge is 0.481 e. The highest BCUT2D eigenvalue weighted by molar-refractivity contribution is 5.85. The Labute approximate surface area is 106 Å². The molecule has 0 radical (unpaired) electrons. The Balaban J connectivity index is 2.41. The van der Waals surface area contributed by atoms with E-state index in [4.69, 9.17) is 5.11 Å². The first-order valence-electron chi connectivity index (χ1n) is 6.17. The number of nitrogens with zero attached hydrogens (tertiary/aromatic N) is 1. The Morgan fingerprint density at radius 1 is 1.39 bits per heavy atom. The maximum atomic E-state index is 11.8. The maximum Gasteiger partial charge on any atom is 0.311 e. The molecule has 6 heteroatoms. The predicted molar refractivity (Wildman–Crippen MR) is 64.9 cm³/mol. The van der Waals surface area contributed by atoms with E-state index in [9.17, 15) is 14.4 Å². The van der Waals surface area contributed by atoms with Crippen LogP contribution in [0.2, 0.25) is 0 Å². The number of nitrogens with one attached hydrogen (secondary N) is 1. The molecule has 2 amide bonds. The third kappa shape index (κ3) is 3.45. The number of aliphatic carboxylic acids is 1. The van der Waals surface area contributed by atoms with E-state index in [1.807, 2.05) is 6.92 Å². The van der Waals surface area contributed by atoms with Gasteiger partial charge in [-0.3, -0.25) is 14.4 Å². The Morgan fingerprint density at radius 2 is 2.06 bits per heavy atom. The molecule has 1 atom stereocenters. The van der Waals surface area contributed by atoms with Crippen LogP contribution in [0.3, 0.4) is 0 Å². The van der Waals surface area contributed by atoms with Crippen molar-refractivity contribution in [3.05, 3.63) is 0 Å². The minimum absolute atomic E-state index is 0.0471. The summed E-state index contributed by atoms with van der Waals surface area (Å²) in [6.07, 6.45) is 1.60. The molecule has 0 aromatic heterocycles. The molecule has 102 valence electrons. The molecule has 0 saturated carbocycles. The standard InChI is InChI=1S/C12H20N2O4/c1-3-4-9(15)13-7-10(16)14-6-5-12(2,8-14)11(17)18/h3-8H2,1-2H3,(H,13,15)(H,17,18). The van der Waals surface area contributed by atoms with Gasteiger partial charge in [0, 0.05) is 19.5 Å². The first-order chi connectivity index (χ1) is 8.39. The van der Waals surface area contributed by atoms with Crippen molar-refractivity contribution < 1.29 is 19.5 Å². The number of hydrogen-bond donors (Lipinski definition) is 2. The summed E-state index contributed by atoms with van der Waals surface area (Å²) in [4.78, 5) is 35.5. The fourth-order valence-corrected chi connectivity index (χ4v) is 1.95.